The number of hydrogen-bond donors (Lipinski definition) is 2. The number of H-pyrrole nitrogens is 1. The highest BCUT2D eigenvalue weighted by Crippen LogP contribution is 2.32. The monoisotopic (exact) mass is 248 g/mol. The minimum absolute atomic E-state index is 0.0158. The predicted molar refractivity (Wildman–Crippen MR) is 74.9 cm³/mol. The fourth-order valence-electron chi connectivity index (χ4n) is 2.77. The predicted octanol–water partition coefficient (Wildman–Crippen LogP) is 3.08. The van der Waals surface area contributed by atoms with Crippen molar-refractivity contribution in [3.05, 3.63) is 59.8 Å². The molecule has 1 aliphatic heterocycles. The van der Waals surface area contributed by atoms with Gasteiger partial charge in [-0.15, -0.1) is 0 Å². The normalized spacial score (nSPS) is 13.6. The maximum Gasteiger partial charge on any atom is 0.254 e. The lowest BCUT2D eigenvalue weighted by Crippen LogP contribution is -2.12. The van der Waals surface area contributed by atoms with Crippen LogP contribution in [0.2, 0.25) is 0 Å². The lowest BCUT2D eigenvalue weighted by Gasteiger charge is -2.01. The molecular weight excluding hydrogens is 236 g/mol. The standard InChI is InChI=1S/C16H12N2O/c19-16-14-11(8-18-16)6-7-12-13(9-17-15(12)14)10-4-2-1-3-5-10/h1-7,9,17H,8H2,(H,18,19). The van der Waals surface area contributed by atoms with Crippen LogP contribution in [0, 0.1) is 0 Å². The molecule has 1 aromatic heterocycles. The van der Waals surface area contributed by atoms with Crippen LogP contribution in [0.25, 0.3) is 22.0 Å². The zero-order chi connectivity index (χ0) is 12.8. The topological polar surface area (TPSA) is 44.9 Å². The molecule has 3 nitrogen and oxygen atoms in total. The molecule has 0 saturated heterocycles. The molecule has 1 aliphatic rings. The van der Waals surface area contributed by atoms with Crippen molar-refractivity contribution < 1.29 is 4.79 Å². The molecule has 2 aromatic carbocycles. The molecule has 0 fully saturated rings. The second-order valence-electron chi connectivity index (χ2n) is 4.77. The van der Waals surface area contributed by atoms with Crippen LogP contribution >= 0.6 is 0 Å². The van der Waals surface area contributed by atoms with Gasteiger partial charge in [0.15, 0.2) is 0 Å². The number of nitrogens with one attached hydrogen (secondary N) is 2. The number of amides is 1. The van der Waals surface area contributed by atoms with E-state index in [1.807, 2.05) is 30.5 Å². The summed E-state index contributed by atoms with van der Waals surface area (Å²) in [6, 6.07) is 14.3. The summed E-state index contributed by atoms with van der Waals surface area (Å²) in [5.74, 6) is 0.0158. The molecule has 2 heterocycles. The first-order valence-corrected chi connectivity index (χ1v) is 6.31. The van der Waals surface area contributed by atoms with Crippen LogP contribution in [0.1, 0.15) is 15.9 Å². The van der Waals surface area contributed by atoms with E-state index in [9.17, 15) is 4.79 Å². The van der Waals surface area contributed by atoms with E-state index in [0.29, 0.717) is 6.54 Å². The first-order valence-electron chi connectivity index (χ1n) is 6.31. The smallest absolute Gasteiger partial charge is 0.254 e. The van der Waals surface area contributed by atoms with E-state index in [1.165, 1.54) is 0 Å². The third-order valence-electron chi connectivity index (χ3n) is 3.69. The number of rotatable bonds is 1. The van der Waals surface area contributed by atoms with Crippen LogP contribution in [-0.4, -0.2) is 10.9 Å². The molecule has 3 aromatic rings. The van der Waals surface area contributed by atoms with Gasteiger partial charge in [0.25, 0.3) is 5.91 Å². The second kappa shape index (κ2) is 3.72. The van der Waals surface area contributed by atoms with Crippen molar-refractivity contribution in [2.24, 2.45) is 0 Å². The van der Waals surface area contributed by atoms with Gasteiger partial charge in [-0.25, -0.2) is 0 Å². The van der Waals surface area contributed by atoms with Gasteiger partial charge >= 0.3 is 0 Å². The van der Waals surface area contributed by atoms with Gasteiger partial charge in [-0.05, 0) is 11.1 Å². The van der Waals surface area contributed by atoms with Gasteiger partial charge in [-0.1, -0.05) is 42.5 Å². The average molecular weight is 248 g/mol. The molecule has 0 bridgehead atoms. The molecule has 19 heavy (non-hydrogen) atoms. The molecule has 0 radical (unpaired) electrons. The van der Waals surface area contributed by atoms with E-state index >= 15 is 0 Å². The van der Waals surface area contributed by atoms with Crippen molar-refractivity contribution in [3.8, 4) is 11.1 Å². The number of carbonyl (C=O) groups is 1. The van der Waals surface area contributed by atoms with Gasteiger partial charge < -0.3 is 10.3 Å². The highest BCUT2D eigenvalue weighted by molar-refractivity contribution is 6.12. The van der Waals surface area contributed by atoms with Crippen molar-refractivity contribution >= 4 is 16.8 Å². The van der Waals surface area contributed by atoms with Crippen LogP contribution in [0.4, 0.5) is 0 Å². The molecule has 0 spiro atoms. The van der Waals surface area contributed by atoms with Gasteiger partial charge in [-0.2, -0.15) is 0 Å². The highest BCUT2D eigenvalue weighted by Gasteiger charge is 2.23. The SMILES string of the molecule is O=C1NCc2ccc3c(-c4ccccc4)c[nH]c3c21. The number of benzene rings is 2. The summed E-state index contributed by atoms with van der Waals surface area (Å²) in [6.45, 7) is 0.629. The van der Waals surface area contributed by atoms with E-state index < -0.39 is 0 Å². The molecule has 0 unspecified atom stereocenters. The quantitative estimate of drug-likeness (QED) is 0.683. The fourth-order valence-corrected chi connectivity index (χ4v) is 2.77. The van der Waals surface area contributed by atoms with Gasteiger partial charge in [0.2, 0.25) is 0 Å². The maximum atomic E-state index is 11.9. The van der Waals surface area contributed by atoms with Crippen molar-refractivity contribution in [1.29, 1.82) is 0 Å². The van der Waals surface area contributed by atoms with Crippen molar-refractivity contribution in [2.75, 3.05) is 0 Å². The van der Waals surface area contributed by atoms with E-state index in [1.54, 1.807) is 0 Å². The van der Waals surface area contributed by atoms with E-state index in [4.69, 9.17) is 0 Å². The van der Waals surface area contributed by atoms with Crippen LogP contribution in [0.3, 0.4) is 0 Å². The summed E-state index contributed by atoms with van der Waals surface area (Å²) < 4.78 is 0. The van der Waals surface area contributed by atoms with Crippen LogP contribution in [0.15, 0.2) is 48.7 Å². The third kappa shape index (κ3) is 1.41. The lowest BCUT2D eigenvalue weighted by molar-refractivity contribution is 0.0967. The average Bonchev–Trinajstić information content (AvgIpc) is 3.03. The Bertz CT molecular complexity index is 787. The number of aromatic amines is 1. The Kier molecular flexibility index (Phi) is 2.03. The largest absolute Gasteiger partial charge is 0.360 e. The van der Waals surface area contributed by atoms with Crippen LogP contribution in [0.5, 0.6) is 0 Å². The Morgan fingerprint density at radius 1 is 1.00 bits per heavy atom. The Morgan fingerprint density at radius 3 is 2.68 bits per heavy atom. The summed E-state index contributed by atoms with van der Waals surface area (Å²) in [5, 5.41) is 3.97. The minimum atomic E-state index is 0.0158. The molecule has 92 valence electrons. The van der Waals surface area contributed by atoms with Gasteiger partial charge in [0.1, 0.15) is 0 Å². The molecule has 3 heteroatoms. The number of aromatic nitrogens is 1. The Labute approximate surface area is 110 Å². The molecule has 0 aliphatic carbocycles. The van der Waals surface area contributed by atoms with Crippen LogP contribution in [-0.2, 0) is 6.54 Å². The number of hydrogen-bond acceptors (Lipinski definition) is 1. The summed E-state index contributed by atoms with van der Waals surface area (Å²) in [5.41, 5.74) is 5.09. The van der Waals surface area contributed by atoms with Gasteiger partial charge in [0.05, 0.1) is 11.1 Å². The zero-order valence-corrected chi connectivity index (χ0v) is 10.2. The fraction of sp³-hybridized carbons (Fsp3) is 0.0625. The lowest BCUT2D eigenvalue weighted by atomic mass is 10.0. The van der Waals surface area contributed by atoms with Crippen molar-refractivity contribution in [1.82, 2.24) is 10.3 Å². The van der Waals surface area contributed by atoms with Gasteiger partial charge in [-0.3, -0.25) is 4.79 Å². The van der Waals surface area contributed by atoms with E-state index in [-0.39, 0.29) is 5.91 Å². The summed E-state index contributed by atoms with van der Waals surface area (Å²) in [7, 11) is 0. The van der Waals surface area contributed by atoms with E-state index in [2.05, 4.69) is 28.5 Å². The molecule has 1 amide bonds. The molecule has 0 atom stereocenters. The Balaban J connectivity index is 2.02. The first kappa shape index (κ1) is 10.4. The van der Waals surface area contributed by atoms with Gasteiger partial charge in [0, 0.05) is 23.7 Å². The summed E-state index contributed by atoms with van der Waals surface area (Å²) >= 11 is 0. The number of carbonyl (C=O) groups excluding carboxylic acids is 1. The number of fused-ring (bicyclic) bond motifs is 3. The molecular formula is C16H12N2O. The second-order valence-corrected chi connectivity index (χ2v) is 4.77. The highest BCUT2D eigenvalue weighted by atomic mass is 16.1. The molecule has 4 rings (SSSR count). The molecule has 2 N–H and O–H groups in total. The zero-order valence-electron chi connectivity index (χ0n) is 10.2. The van der Waals surface area contributed by atoms with Crippen LogP contribution < -0.4 is 5.32 Å². The Morgan fingerprint density at radius 2 is 1.84 bits per heavy atom. The first-order chi connectivity index (χ1) is 9.34. The summed E-state index contributed by atoms with van der Waals surface area (Å²) in [6.07, 6.45) is 1.98. The molecule has 0 saturated carbocycles. The van der Waals surface area contributed by atoms with E-state index in [0.717, 1.165) is 33.2 Å². The minimum Gasteiger partial charge on any atom is -0.360 e. The maximum absolute atomic E-state index is 11.9. The Hall–Kier alpha value is -2.55. The summed E-state index contributed by atoms with van der Waals surface area (Å²) in [4.78, 5) is 15.2. The van der Waals surface area contributed by atoms with Crippen molar-refractivity contribution in [3.63, 3.8) is 0 Å². The third-order valence-corrected chi connectivity index (χ3v) is 3.69. The van der Waals surface area contributed by atoms with Crippen molar-refractivity contribution in [2.45, 2.75) is 6.54 Å².